The minimum absolute atomic E-state index is 0.155. The van der Waals surface area contributed by atoms with E-state index in [1.807, 2.05) is 19.9 Å². The van der Waals surface area contributed by atoms with E-state index in [2.05, 4.69) is 41.2 Å². The summed E-state index contributed by atoms with van der Waals surface area (Å²) in [6.07, 6.45) is 0. The van der Waals surface area contributed by atoms with Crippen LogP contribution in [0.15, 0.2) is 10.6 Å². The van der Waals surface area contributed by atoms with E-state index < -0.39 is 0 Å². The zero-order valence-electron chi connectivity index (χ0n) is 12.4. The van der Waals surface area contributed by atoms with Gasteiger partial charge in [0.2, 0.25) is 0 Å². The molecule has 2 aromatic rings. The first-order chi connectivity index (χ1) is 9.27. The fraction of sp³-hybridized carbons (Fsp3) is 0.500. The van der Waals surface area contributed by atoms with Crippen LogP contribution in [0.3, 0.4) is 0 Å². The Balaban J connectivity index is 2.24. The van der Waals surface area contributed by atoms with Crippen LogP contribution >= 0.6 is 11.6 Å². The van der Waals surface area contributed by atoms with Gasteiger partial charge in [0.05, 0.1) is 6.54 Å². The van der Waals surface area contributed by atoms with Gasteiger partial charge in [-0.15, -0.1) is 0 Å². The Morgan fingerprint density at radius 2 is 1.95 bits per heavy atom. The smallest absolute Gasteiger partial charge is 0.137 e. The molecule has 2 rings (SSSR count). The lowest BCUT2D eigenvalue weighted by molar-refractivity contribution is 0.391. The molecule has 0 aromatic carbocycles. The molecule has 0 amide bonds. The van der Waals surface area contributed by atoms with Gasteiger partial charge in [0.25, 0.3) is 0 Å². The molecule has 0 saturated heterocycles. The highest BCUT2D eigenvalue weighted by atomic mass is 35.5. The first-order valence-electron chi connectivity index (χ1n) is 6.48. The van der Waals surface area contributed by atoms with Crippen LogP contribution in [-0.4, -0.2) is 15.1 Å². The van der Waals surface area contributed by atoms with Crippen LogP contribution in [0.2, 0.25) is 5.15 Å². The SMILES string of the molecule is Cc1cc(CNc2nc(C(C)(C)C)nc(Cl)c2C)no1. The lowest BCUT2D eigenvalue weighted by Gasteiger charge is -2.19. The number of hydrogen-bond acceptors (Lipinski definition) is 5. The molecule has 0 fully saturated rings. The molecule has 5 nitrogen and oxygen atoms in total. The third-order valence-corrected chi connectivity index (χ3v) is 3.24. The predicted molar refractivity (Wildman–Crippen MR) is 79.0 cm³/mol. The van der Waals surface area contributed by atoms with Gasteiger partial charge >= 0.3 is 0 Å². The fourth-order valence-corrected chi connectivity index (χ4v) is 1.84. The van der Waals surface area contributed by atoms with Crippen LogP contribution in [0.5, 0.6) is 0 Å². The second-order valence-electron chi connectivity index (χ2n) is 5.84. The van der Waals surface area contributed by atoms with Crippen LogP contribution in [0.1, 0.15) is 43.6 Å². The van der Waals surface area contributed by atoms with Gasteiger partial charge < -0.3 is 9.84 Å². The average molecular weight is 295 g/mol. The number of rotatable bonds is 3. The average Bonchev–Trinajstić information content (AvgIpc) is 2.75. The zero-order chi connectivity index (χ0) is 14.9. The van der Waals surface area contributed by atoms with Gasteiger partial charge in [-0.25, -0.2) is 9.97 Å². The van der Waals surface area contributed by atoms with Crippen LogP contribution < -0.4 is 5.32 Å². The molecular weight excluding hydrogens is 276 g/mol. The summed E-state index contributed by atoms with van der Waals surface area (Å²) in [6, 6.07) is 1.88. The topological polar surface area (TPSA) is 63.8 Å². The molecule has 0 spiro atoms. The lowest BCUT2D eigenvalue weighted by atomic mass is 9.95. The number of aryl methyl sites for hydroxylation is 1. The Hall–Kier alpha value is -1.62. The Morgan fingerprint density at radius 1 is 1.25 bits per heavy atom. The van der Waals surface area contributed by atoms with Crippen molar-refractivity contribution in [1.29, 1.82) is 0 Å². The number of halogens is 1. The van der Waals surface area contributed by atoms with E-state index >= 15 is 0 Å². The summed E-state index contributed by atoms with van der Waals surface area (Å²) < 4.78 is 5.04. The Labute approximate surface area is 123 Å². The van der Waals surface area contributed by atoms with Crippen LogP contribution in [0.4, 0.5) is 5.82 Å². The third kappa shape index (κ3) is 3.28. The maximum Gasteiger partial charge on any atom is 0.137 e. The van der Waals surface area contributed by atoms with Gasteiger partial charge in [0, 0.05) is 17.0 Å². The van der Waals surface area contributed by atoms with Crippen LogP contribution in [-0.2, 0) is 12.0 Å². The summed E-state index contributed by atoms with van der Waals surface area (Å²) >= 11 is 6.19. The van der Waals surface area contributed by atoms with Crippen molar-refractivity contribution in [3.63, 3.8) is 0 Å². The molecule has 0 saturated carbocycles. The number of hydrogen-bond donors (Lipinski definition) is 1. The predicted octanol–water partition coefficient (Wildman–Crippen LogP) is 3.64. The van der Waals surface area contributed by atoms with Gasteiger partial charge in [-0.05, 0) is 13.8 Å². The van der Waals surface area contributed by atoms with Gasteiger partial charge in [0.15, 0.2) is 0 Å². The monoisotopic (exact) mass is 294 g/mol. The molecule has 0 aliphatic heterocycles. The first kappa shape index (κ1) is 14.8. The quantitative estimate of drug-likeness (QED) is 0.876. The lowest BCUT2D eigenvalue weighted by Crippen LogP contribution is -2.18. The van der Waals surface area contributed by atoms with Crippen molar-refractivity contribution in [2.24, 2.45) is 0 Å². The summed E-state index contributed by atoms with van der Waals surface area (Å²) in [5, 5.41) is 7.65. The van der Waals surface area contributed by atoms with E-state index in [0.717, 1.165) is 22.8 Å². The number of anilines is 1. The second-order valence-corrected chi connectivity index (χ2v) is 6.20. The molecule has 0 aliphatic rings. The second kappa shape index (κ2) is 5.40. The molecule has 2 heterocycles. The zero-order valence-corrected chi connectivity index (χ0v) is 13.2. The van der Waals surface area contributed by atoms with E-state index in [4.69, 9.17) is 16.1 Å². The molecule has 2 aromatic heterocycles. The van der Waals surface area contributed by atoms with E-state index in [1.165, 1.54) is 0 Å². The third-order valence-electron chi connectivity index (χ3n) is 2.87. The normalized spacial score (nSPS) is 11.7. The van der Waals surface area contributed by atoms with Crippen molar-refractivity contribution >= 4 is 17.4 Å². The molecular formula is C14H19ClN4O. The van der Waals surface area contributed by atoms with Crippen molar-refractivity contribution in [2.75, 3.05) is 5.32 Å². The highest BCUT2D eigenvalue weighted by Crippen LogP contribution is 2.26. The van der Waals surface area contributed by atoms with Gasteiger partial charge in [-0.2, -0.15) is 0 Å². The van der Waals surface area contributed by atoms with E-state index in [9.17, 15) is 0 Å². The molecule has 1 N–H and O–H groups in total. The highest BCUT2D eigenvalue weighted by Gasteiger charge is 2.20. The van der Waals surface area contributed by atoms with Crippen LogP contribution in [0, 0.1) is 13.8 Å². The Morgan fingerprint density at radius 3 is 2.50 bits per heavy atom. The Bertz CT molecular complexity index is 616. The molecule has 0 atom stereocenters. The van der Waals surface area contributed by atoms with Crippen molar-refractivity contribution in [3.8, 4) is 0 Å². The molecule has 0 aliphatic carbocycles. The largest absolute Gasteiger partial charge is 0.364 e. The number of nitrogens with one attached hydrogen (secondary N) is 1. The van der Waals surface area contributed by atoms with Gasteiger partial charge in [-0.1, -0.05) is 37.5 Å². The molecule has 6 heteroatoms. The first-order valence-corrected chi connectivity index (χ1v) is 6.86. The summed E-state index contributed by atoms with van der Waals surface area (Å²) in [5.41, 5.74) is 1.51. The van der Waals surface area contributed by atoms with Crippen molar-refractivity contribution in [2.45, 2.75) is 46.6 Å². The van der Waals surface area contributed by atoms with Gasteiger partial charge in [-0.3, -0.25) is 0 Å². The van der Waals surface area contributed by atoms with Gasteiger partial charge in [0.1, 0.15) is 28.2 Å². The van der Waals surface area contributed by atoms with Crippen LogP contribution in [0.25, 0.3) is 0 Å². The maximum absolute atomic E-state index is 6.19. The summed E-state index contributed by atoms with van der Waals surface area (Å²) in [7, 11) is 0. The highest BCUT2D eigenvalue weighted by molar-refractivity contribution is 6.30. The van der Waals surface area contributed by atoms with Crippen molar-refractivity contribution in [1.82, 2.24) is 15.1 Å². The van der Waals surface area contributed by atoms with E-state index in [1.54, 1.807) is 0 Å². The minimum Gasteiger partial charge on any atom is -0.364 e. The summed E-state index contributed by atoms with van der Waals surface area (Å²) in [5.74, 6) is 2.23. The molecule has 0 bridgehead atoms. The minimum atomic E-state index is -0.155. The Kier molecular flexibility index (Phi) is 3.99. The number of nitrogens with zero attached hydrogens (tertiary/aromatic N) is 3. The van der Waals surface area contributed by atoms with E-state index in [-0.39, 0.29) is 5.41 Å². The summed E-state index contributed by atoms with van der Waals surface area (Å²) in [4.78, 5) is 8.91. The maximum atomic E-state index is 6.19. The molecule has 108 valence electrons. The van der Waals surface area contributed by atoms with E-state index in [0.29, 0.717) is 17.5 Å². The fourth-order valence-electron chi connectivity index (χ4n) is 1.67. The van der Waals surface area contributed by atoms with Crippen molar-refractivity contribution < 1.29 is 4.52 Å². The molecule has 0 radical (unpaired) electrons. The standard InChI is InChI=1S/C14H19ClN4O/c1-8-6-10(19-20-8)7-16-12-9(2)11(15)17-13(18-12)14(3,4)5/h6H,7H2,1-5H3,(H,16,17,18). The summed E-state index contributed by atoms with van der Waals surface area (Å²) in [6.45, 7) is 10.5. The number of aromatic nitrogens is 3. The van der Waals surface area contributed by atoms with Crippen molar-refractivity contribution in [3.05, 3.63) is 34.1 Å². The molecule has 0 unspecified atom stereocenters. The molecule has 20 heavy (non-hydrogen) atoms.